The number of aromatic nitrogens is 1. The van der Waals surface area contributed by atoms with Gasteiger partial charge in [-0.15, -0.1) is 0 Å². The van der Waals surface area contributed by atoms with E-state index < -0.39 is 0 Å². The summed E-state index contributed by atoms with van der Waals surface area (Å²) in [7, 11) is 3.20. The molecule has 5 nitrogen and oxygen atoms in total. The lowest BCUT2D eigenvalue weighted by Gasteiger charge is -2.03. The molecule has 5 heteroatoms. The molecule has 0 spiro atoms. The van der Waals surface area contributed by atoms with Gasteiger partial charge in [-0.2, -0.15) is 0 Å². The van der Waals surface area contributed by atoms with Crippen LogP contribution < -0.4 is 15.2 Å². The Balaban J connectivity index is 2.43. The van der Waals surface area contributed by atoms with E-state index in [4.69, 9.17) is 19.6 Å². The Hall–Kier alpha value is -1.75. The van der Waals surface area contributed by atoms with Crippen LogP contribution in [0.3, 0.4) is 0 Å². The number of nitrogens with two attached hydrogens (primary N) is 1. The van der Waals surface area contributed by atoms with E-state index in [1.807, 2.05) is 6.07 Å². The number of hydrogen-bond donors (Lipinski definition) is 1. The highest BCUT2D eigenvalue weighted by molar-refractivity contribution is 5.81. The number of oxazole rings is 1. The molecule has 1 aromatic carbocycles. The summed E-state index contributed by atoms with van der Waals surface area (Å²) in [5, 5.41) is 0. The molecule has 0 saturated heterocycles. The normalized spacial score (nSPS) is 10.8. The van der Waals surface area contributed by atoms with E-state index in [9.17, 15) is 0 Å². The average Bonchev–Trinajstić information content (AvgIpc) is 2.77. The first kappa shape index (κ1) is 11.7. The number of rotatable bonds is 5. The van der Waals surface area contributed by atoms with Gasteiger partial charge < -0.3 is 19.6 Å². The van der Waals surface area contributed by atoms with Crippen LogP contribution in [-0.2, 0) is 6.42 Å². The number of ether oxygens (including phenoxy) is 2. The maximum absolute atomic E-state index is 5.64. The van der Waals surface area contributed by atoms with Crippen LogP contribution in [0.2, 0.25) is 0 Å². The van der Waals surface area contributed by atoms with Gasteiger partial charge in [0.15, 0.2) is 17.2 Å². The quantitative estimate of drug-likeness (QED) is 0.856. The molecular formula is C12H16N2O3. The second-order valence-corrected chi connectivity index (χ2v) is 3.68. The third-order valence-electron chi connectivity index (χ3n) is 2.52. The molecule has 0 fully saturated rings. The first-order chi connectivity index (χ1) is 8.28. The summed E-state index contributed by atoms with van der Waals surface area (Å²) < 4.78 is 16.1. The minimum atomic E-state index is 0.624. The van der Waals surface area contributed by atoms with Crippen molar-refractivity contribution in [2.45, 2.75) is 12.8 Å². The van der Waals surface area contributed by atoms with Crippen molar-refractivity contribution in [3.8, 4) is 11.5 Å². The molecule has 92 valence electrons. The van der Waals surface area contributed by atoms with E-state index in [0.29, 0.717) is 29.5 Å². The molecule has 0 atom stereocenters. The van der Waals surface area contributed by atoms with Gasteiger partial charge in [0, 0.05) is 18.6 Å². The molecule has 0 saturated carbocycles. The third kappa shape index (κ3) is 2.34. The van der Waals surface area contributed by atoms with E-state index >= 15 is 0 Å². The minimum Gasteiger partial charge on any atom is -0.497 e. The molecule has 0 aliphatic rings. The highest BCUT2D eigenvalue weighted by Gasteiger charge is 2.12. The fraction of sp³-hybridized carbons (Fsp3) is 0.417. The fourth-order valence-electron chi connectivity index (χ4n) is 1.65. The van der Waals surface area contributed by atoms with Gasteiger partial charge in [-0.1, -0.05) is 0 Å². The van der Waals surface area contributed by atoms with Crippen molar-refractivity contribution in [3.05, 3.63) is 18.0 Å². The number of nitrogens with zero attached hydrogens (tertiary/aromatic N) is 1. The number of benzene rings is 1. The summed E-state index contributed by atoms with van der Waals surface area (Å²) in [5.74, 6) is 2.01. The molecule has 0 amide bonds. The lowest BCUT2D eigenvalue weighted by Crippen LogP contribution is -2.00. The van der Waals surface area contributed by atoms with Gasteiger partial charge in [-0.3, -0.25) is 0 Å². The lowest BCUT2D eigenvalue weighted by atomic mass is 10.3. The first-order valence-corrected chi connectivity index (χ1v) is 5.50. The van der Waals surface area contributed by atoms with Crippen molar-refractivity contribution in [3.63, 3.8) is 0 Å². The van der Waals surface area contributed by atoms with Gasteiger partial charge in [-0.25, -0.2) is 4.98 Å². The van der Waals surface area contributed by atoms with Gasteiger partial charge in [0.2, 0.25) is 0 Å². The molecule has 2 N–H and O–H groups in total. The molecule has 1 aromatic heterocycles. The molecule has 0 unspecified atom stereocenters. The van der Waals surface area contributed by atoms with Gasteiger partial charge in [0.25, 0.3) is 0 Å². The summed E-state index contributed by atoms with van der Waals surface area (Å²) in [5.41, 5.74) is 6.85. The Morgan fingerprint density at radius 1 is 1.29 bits per heavy atom. The summed E-state index contributed by atoms with van der Waals surface area (Å²) in [4.78, 5) is 4.39. The van der Waals surface area contributed by atoms with E-state index in [0.717, 1.165) is 18.4 Å². The number of hydrogen-bond acceptors (Lipinski definition) is 5. The van der Waals surface area contributed by atoms with Crippen LogP contribution in [0.1, 0.15) is 12.3 Å². The van der Waals surface area contributed by atoms with Gasteiger partial charge in [0.1, 0.15) is 11.3 Å². The zero-order valence-corrected chi connectivity index (χ0v) is 10.0. The highest BCUT2D eigenvalue weighted by Crippen LogP contribution is 2.31. The van der Waals surface area contributed by atoms with Crippen LogP contribution >= 0.6 is 0 Å². The SMILES string of the molecule is COc1cc(OC)c2oc(CCCN)nc2c1. The molecule has 17 heavy (non-hydrogen) atoms. The second-order valence-electron chi connectivity index (χ2n) is 3.68. The fourth-order valence-corrected chi connectivity index (χ4v) is 1.65. The average molecular weight is 236 g/mol. The van der Waals surface area contributed by atoms with Gasteiger partial charge >= 0.3 is 0 Å². The Labute approximate surface area is 99.5 Å². The number of fused-ring (bicyclic) bond motifs is 1. The summed E-state index contributed by atoms with van der Waals surface area (Å²) in [6, 6.07) is 3.60. The molecule has 2 aromatic rings. The van der Waals surface area contributed by atoms with Crippen LogP contribution in [0.5, 0.6) is 11.5 Å². The van der Waals surface area contributed by atoms with Gasteiger partial charge in [-0.05, 0) is 13.0 Å². The molecule has 0 aliphatic heterocycles. The molecule has 0 radical (unpaired) electrons. The van der Waals surface area contributed by atoms with Crippen molar-refractivity contribution in [2.24, 2.45) is 5.73 Å². The largest absolute Gasteiger partial charge is 0.497 e. The summed E-state index contributed by atoms with van der Waals surface area (Å²) in [6.07, 6.45) is 1.59. The topological polar surface area (TPSA) is 70.5 Å². The molecule has 0 aliphatic carbocycles. The Morgan fingerprint density at radius 2 is 2.12 bits per heavy atom. The van der Waals surface area contributed by atoms with E-state index in [2.05, 4.69) is 4.98 Å². The van der Waals surface area contributed by atoms with E-state index in [1.54, 1.807) is 20.3 Å². The van der Waals surface area contributed by atoms with E-state index in [-0.39, 0.29) is 0 Å². The van der Waals surface area contributed by atoms with Crippen molar-refractivity contribution in [1.29, 1.82) is 0 Å². The summed E-state index contributed by atoms with van der Waals surface area (Å²) in [6.45, 7) is 0.624. The van der Waals surface area contributed by atoms with Crippen LogP contribution in [0.25, 0.3) is 11.1 Å². The van der Waals surface area contributed by atoms with Crippen molar-refractivity contribution in [2.75, 3.05) is 20.8 Å². The number of aryl methyl sites for hydroxylation is 1. The standard InChI is InChI=1S/C12H16N2O3/c1-15-8-6-9-12(10(7-8)16-2)17-11(14-9)4-3-5-13/h6-7H,3-5,13H2,1-2H3. The zero-order valence-electron chi connectivity index (χ0n) is 10.0. The second kappa shape index (κ2) is 5.05. The van der Waals surface area contributed by atoms with E-state index in [1.165, 1.54) is 0 Å². The zero-order chi connectivity index (χ0) is 12.3. The predicted molar refractivity (Wildman–Crippen MR) is 64.5 cm³/mol. The lowest BCUT2D eigenvalue weighted by molar-refractivity contribution is 0.391. The first-order valence-electron chi connectivity index (χ1n) is 5.50. The number of methoxy groups -OCH3 is 2. The van der Waals surface area contributed by atoms with Crippen molar-refractivity contribution >= 4 is 11.1 Å². The molecule has 1 heterocycles. The monoisotopic (exact) mass is 236 g/mol. The Bertz CT molecular complexity index is 508. The maximum atomic E-state index is 5.64. The maximum Gasteiger partial charge on any atom is 0.196 e. The van der Waals surface area contributed by atoms with Crippen LogP contribution in [0.15, 0.2) is 16.5 Å². The smallest absolute Gasteiger partial charge is 0.196 e. The third-order valence-corrected chi connectivity index (χ3v) is 2.52. The molecule has 2 rings (SSSR count). The minimum absolute atomic E-state index is 0.624. The van der Waals surface area contributed by atoms with Crippen LogP contribution in [-0.4, -0.2) is 25.7 Å². The highest BCUT2D eigenvalue weighted by atomic mass is 16.5. The predicted octanol–water partition coefficient (Wildman–Crippen LogP) is 1.74. The Kier molecular flexibility index (Phi) is 3.49. The van der Waals surface area contributed by atoms with Crippen molar-refractivity contribution < 1.29 is 13.9 Å². The van der Waals surface area contributed by atoms with Crippen LogP contribution in [0.4, 0.5) is 0 Å². The molecular weight excluding hydrogens is 220 g/mol. The summed E-state index contributed by atoms with van der Waals surface area (Å²) >= 11 is 0. The van der Waals surface area contributed by atoms with Crippen LogP contribution in [0, 0.1) is 0 Å². The van der Waals surface area contributed by atoms with Gasteiger partial charge in [0.05, 0.1) is 14.2 Å². The molecule has 0 bridgehead atoms. The Morgan fingerprint density at radius 3 is 2.76 bits per heavy atom. The van der Waals surface area contributed by atoms with Crippen molar-refractivity contribution in [1.82, 2.24) is 4.98 Å².